The highest BCUT2D eigenvalue weighted by Gasteiger charge is 2.47. The van der Waals surface area contributed by atoms with Crippen molar-refractivity contribution in [1.82, 2.24) is 0 Å². The van der Waals surface area contributed by atoms with Crippen LogP contribution in [0.5, 0.6) is 0 Å². The number of carbonyl (C=O) groups is 3. The van der Waals surface area contributed by atoms with Crippen LogP contribution in [0, 0.1) is 11.8 Å². The smallest absolute Gasteiger partial charge is 0.255 e. The molecular formula is C23H22N2O3. The zero-order valence-corrected chi connectivity index (χ0v) is 15.7. The molecule has 1 heterocycles. The Morgan fingerprint density at radius 2 is 1.57 bits per heavy atom. The Hall–Kier alpha value is -3.21. The molecule has 1 N–H and O–H groups in total. The van der Waals surface area contributed by atoms with Crippen LogP contribution in [-0.4, -0.2) is 17.7 Å². The first kappa shape index (κ1) is 18.2. The van der Waals surface area contributed by atoms with Crippen molar-refractivity contribution in [2.24, 2.45) is 11.8 Å². The molecule has 5 nitrogen and oxygen atoms in total. The molecule has 5 heteroatoms. The van der Waals surface area contributed by atoms with E-state index in [0.29, 0.717) is 24.1 Å². The van der Waals surface area contributed by atoms with Crippen molar-refractivity contribution in [3.05, 3.63) is 71.8 Å². The highest BCUT2D eigenvalue weighted by molar-refractivity contribution is 6.22. The number of benzene rings is 2. The van der Waals surface area contributed by atoms with E-state index >= 15 is 0 Å². The van der Waals surface area contributed by atoms with Crippen LogP contribution in [0.2, 0.25) is 0 Å². The fourth-order valence-electron chi connectivity index (χ4n) is 3.96. The second-order valence-electron chi connectivity index (χ2n) is 7.18. The molecule has 2 aliphatic rings. The summed E-state index contributed by atoms with van der Waals surface area (Å²) in [5, 5.41) is 2.93. The molecule has 28 heavy (non-hydrogen) atoms. The summed E-state index contributed by atoms with van der Waals surface area (Å²) in [6.07, 6.45) is 5.99. The highest BCUT2D eigenvalue weighted by Crippen LogP contribution is 2.37. The number of nitrogens with one attached hydrogen (secondary N) is 1. The lowest BCUT2D eigenvalue weighted by molar-refractivity contribution is -0.122. The van der Waals surface area contributed by atoms with Gasteiger partial charge < -0.3 is 5.32 Å². The van der Waals surface area contributed by atoms with Crippen LogP contribution in [0.25, 0.3) is 0 Å². The monoisotopic (exact) mass is 374 g/mol. The van der Waals surface area contributed by atoms with Gasteiger partial charge in [0.15, 0.2) is 0 Å². The number of fused-ring (bicyclic) bond motifs is 1. The van der Waals surface area contributed by atoms with Gasteiger partial charge in [0.25, 0.3) is 5.91 Å². The van der Waals surface area contributed by atoms with Crippen molar-refractivity contribution in [2.75, 3.05) is 10.2 Å². The maximum atomic E-state index is 12.7. The zero-order chi connectivity index (χ0) is 19.7. The van der Waals surface area contributed by atoms with Crippen LogP contribution < -0.4 is 10.2 Å². The number of aryl methyl sites for hydroxylation is 1. The van der Waals surface area contributed by atoms with Gasteiger partial charge in [0.2, 0.25) is 11.8 Å². The van der Waals surface area contributed by atoms with Gasteiger partial charge in [-0.3, -0.25) is 19.3 Å². The predicted octanol–water partition coefficient (Wildman–Crippen LogP) is 3.96. The quantitative estimate of drug-likeness (QED) is 0.651. The molecule has 1 aliphatic heterocycles. The molecule has 2 unspecified atom stereocenters. The van der Waals surface area contributed by atoms with E-state index in [1.54, 1.807) is 24.3 Å². The van der Waals surface area contributed by atoms with Crippen LogP contribution in [0.15, 0.2) is 60.7 Å². The van der Waals surface area contributed by atoms with Gasteiger partial charge in [0.1, 0.15) is 0 Å². The summed E-state index contributed by atoms with van der Waals surface area (Å²) >= 11 is 0. The van der Waals surface area contributed by atoms with E-state index in [4.69, 9.17) is 0 Å². The first-order valence-electron chi connectivity index (χ1n) is 9.62. The van der Waals surface area contributed by atoms with Crippen molar-refractivity contribution in [3.63, 3.8) is 0 Å². The number of carbonyl (C=O) groups excluding carboxylic acids is 3. The Balaban J connectivity index is 1.52. The molecule has 2 aromatic rings. The van der Waals surface area contributed by atoms with Crippen LogP contribution in [0.4, 0.5) is 11.4 Å². The van der Waals surface area contributed by atoms with Gasteiger partial charge in [-0.05, 0) is 55.2 Å². The fourth-order valence-corrected chi connectivity index (χ4v) is 3.96. The molecule has 0 aromatic heterocycles. The third kappa shape index (κ3) is 3.13. The Morgan fingerprint density at radius 1 is 0.964 bits per heavy atom. The molecule has 0 spiro atoms. The van der Waals surface area contributed by atoms with Gasteiger partial charge in [-0.15, -0.1) is 0 Å². The SMILES string of the molecule is CCc1ccccc1NC(=O)c1ccc(N2C(=O)C3CC=CCC3C2=O)cc1. The van der Waals surface area contributed by atoms with Crippen LogP contribution in [-0.2, 0) is 16.0 Å². The van der Waals surface area contributed by atoms with Gasteiger partial charge in [-0.25, -0.2) is 0 Å². The molecule has 142 valence electrons. The molecule has 0 saturated carbocycles. The molecule has 1 saturated heterocycles. The van der Waals surface area contributed by atoms with Crippen LogP contribution in [0.3, 0.4) is 0 Å². The minimum absolute atomic E-state index is 0.145. The molecule has 1 aliphatic carbocycles. The lowest BCUT2D eigenvalue weighted by atomic mass is 9.85. The average Bonchev–Trinajstić information content (AvgIpc) is 2.99. The lowest BCUT2D eigenvalue weighted by Crippen LogP contribution is -2.30. The number of hydrogen-bond acceptors (Lipinski definition) is 3. The molecule has 3 amide bonds. The number of imide groups is 1. The first-order chi connectivity index (χ1) is 13.6. The lowest BCUT2D eigenvalue weighted by Gasteiger charge is -2.15. The highest BCUT2D eigenvalue weighted by atomic mass is 16.2. The first-order valence-corrected chi connectivity index (χ1v) is 9.62. The summed E-state index contributed by atoms with van der Waals surface area (Å²) in [6.45, 7) is 2.04. The molecule has 0 radical (unpaired) electrons. The van der Waals surface area contributed by atoms with Gasteiger partial charge in [0, 0.05) is 11.3 Å². The molecule has 4 rings (SSSR count). The van der Waals surface area contributed by atoms with E-state index in [0.717, 1.165) is 17.7 Å². The van der Waals surface area contributed by atoms with Gasteiger partial charge >= 0.3 is 0 Å². The zero-order valence-electron chi connectivity index (χ0n) is 15.7. The summed E-state index contributed by atoms with van der Waals surface area (Å²) in [5.41, 5.74) is 2.86. The largest absolute Gasteiger partial charge is 0.322 e. The Morgan fingerprint density at radius 3 is 2.18 bits per heavy atom. The van der Waals surface area contributed by atoms with E-state index in [2.05, 4.69) is 5.32 Å². The molecule has 1 fully saturated rings. The van der Waals surface area contributed by atoms with Crippen molar-refractivity contribution >= 4 is 29.1 Å². The van der Waals surface area contributed by atoms with Gasteiger partial charge in [0.05, 0.1) is 17.5 Å². The van der Waals surface area contributed by atoms with Crippen molar-refractivity contribution in [1.29, 1.82) is 0 Å². The molecule has 0 bridgehead atoms. The Bertz CT molecular complexity index is 936. The van der Waals surface area contributed by atoms with Crippen LogP contribution >= 0.6 is 0 Å². The van der Waals surface area contributed by atoms with Crippen molar-refractivity contribution in [2.45, 2.75) is 26.2 Å². The molecule has 2 aromatic carbocycles. The van der Waals surface area contributed by atoms with E-state index in [1.807, 2.05) is 43.3 Å². The average molecular weight is 374 g/mol. The van der Waals surface area contributed by atoms with Crippen LogP contribution in [0.1, 0.15) is 35.7 Å². The Labute approximate surface area is 164 Å². The van der Waals surface area contributed by atoms with Gasteiger partial charge in [-0.2, -0.15) is 0 Å². The molecular weight excluding hydrogens is 352 g/mol. The number of amides is 3. The number of para-hydroxylation sites is 1. The fraction of sp³-hybridized carbons (Fsp3) is 0.261. The number of allylic oxidation sites excluding steroid dienone is 2. The van der Waals surface area contributed by atoms with E-state index in [1.165, 1.54) is 4.90 Å². The molecule has 2 atom stereocenters. The van der Waals surface area contributed by atoms with Crippen molar-refractivity contribution < 1.29 is 14.4 Å². The number of rotatable bonds is 4. The van der Waals surface area contributed by atoms with E-state index in [9.17, 15) is 14.4 Å². The third-order valence-electron chi connectivity index (χ3n) is 5.54. The summed E-state index contributed by atoms with van der Waals surface area (Å²) in [6, 6.07) is 14.3. The summed E-state index contributed by atoms with van der Waals surface area (Å²) in [5.74, 6) is -1.02. The summed E-state index contributed by atoms with van der Waals surface area (Å²) in [4.78, 5) is 39.2. The summed E-state index contributed by atoms with van der Waals surface area (Å²) in [7, 11) is 0. The maximum absolute atomic E-state index is 12.7. The maximum Gasteiger partial charge on any atom is 0.255 e. The third-order valence-corrected chi connectivity index (χ3v) is 5.54. The second kappa shape index (κ2) is 7.43. The van der Waals surface area contributed by atoms with E-state index in [-0.39, 0.29) is 29.6 Å². The Kier molecular flexibility index (Phi) is 4.82. The van der Waals surface area contributed by atoms with Gasteiger partial charge in [-0.1, -0.05) is 37.3 Å². The minimum Gasteiger partial charge on any atom is -0.322 e. The normalized spacial score (nSPS) is 21.0. The topological polar surface area (TPSA) is 66.5 Å². The number of anilines is 2. The number of hydrogen-bond donors (Lipinski definition) is 1. The van der Waals surface area contributed by atoms with E-state index < -0.39 is 0 Å². The summed E-state index contributed by atoms with van der Waals surface area (Å²) < 4.78 is 0. The predicted molar refractivity (Wildman–Crippen MR) is 108 cm³/mol. The number of nitrogens with zero attached hydrogens (tertiary/aromatic N) is 1. The minimum atomic E-state index is -0.258. The standard InChI is InChI=1S/C23H22N2O3/c1-2-15-7-3-6-10-20(15)24-21(26)16-11-13-17(14-12-16)25-22(27)18-8-4-5-9-19(18)23(25)28/h3-7,10-14,18-19H,2,8-9H2,1H3,(H,24,26). The second-order valence-corrected chi connectivity index (χ2v) is 7.18. The van der Waals surface area contributed by atoms with Crippen molar-refractivity contribution in [3.8, 4) is 0 Å².